The second-order valence-corrected chi connectivity index (χ2v) is 5.92. The highest BCUT2D eigenvalue weighted by Gasteiger charge is 2.07. The molecule has 118 valence electrons. The minimum absolute atomic E-state index is 0.0676. The maximum absolute atomic E-state index is 9.24. The Hall–Kier alpha value is -2.69. The Morgan fingerprint density at radius 1 is 0.833 bits per heavy atom. The second-order valence-electron chi connectivity index (χ2n) is 5.49. The van der Waals surface area contributed by atoms with Crippen LogP contribution in [0.5, 0.6) is 0 Å². The Bertz CT molecular complexity index is 1010. The number of nitrogens with zero attached hydrogens (tertiary/aromatic N) is 3. The molecule has 0 amide bonds. The molecule has 1 N–H and O–H groups in total. The number of imidazole rings is 1. The van der Waals surface area contributed by atoms with Crippen molar-refractivity contribution in [1.29, 1.82) is 0 Å². The highest BCUT2D eigenvalue weighted by atomic mass is 35.5. The van der Waals surface area contributed by atoms with Crippen molar-refractivity contribution in [3.05, 3.63) is 77.7 Å². The zero-order chi connectivity index (χ0) is 16.5. The molecule has 0 spiro atoms. The van der Waals surface area contributed by atoms with Crippen LogP contribution < -0.4 is 0 Å². The first-order chi connectivity index (χ1) is 11.7. The molecule has 4 aromatic rings. The lowest BCUT2D eigenvalue weighted by molar-refractivity contribution is 0.277. The Morgan fingerprint density at radius 3 is 2.42 bits per heavy atom. The predicted octanol–water partition coefficient (Wildman–Crippen LogP) is 4.21. The van der Waals surface area contributed by atoms with Crippen LogP contribution in [0.1, 0.15) is 5.69 Å². The van der Waals surface area contributed by atoms with Crippen LogP contribution in [0, 0.1) is 0 Å². The topological polar surface area (TPSA) is 50.4 Å². The average Bonchev–Trinajstić information content (AvgIpc) is 3.05. The lowest BCUT2D eigenvalue weighted by Gasteiger charge is -2.03. The molecule has 0 bridgehead atoms. The second kappa shape index (κ2) is 6.07. The number of aliphatic hydroxyl groups is 1. The molecule has 4 rings (SSSR count). The van der Waals surface area contributed by atoms with Crippen LogP contribution in [0.3, 0.4) is 0 Å². The van der Waals surface area contributed by atoms with Crippen LogP contribution in [-0.2, 0) is 6.61 Å². The lowest BCUT2D eigenvalue weighted by Crippen LogP contribution is -1.92. The number of aliphatic hydroxyl groups excluding tert-OH is 1. The highest BCUT2D eigenvalue weighted by molar-refractivity contribution is 6.30. The first-order valence-corrected chi connectivity index (χ1v) is 7.92. The Labute approximate surface area is 144 Å². The first kappa shape index (κ1) is 14.9. The molecule has 3 aromatic heterocycles. The highest BCUT2D eigenvalue weighted by Crippen LogP contribution is 2.23. The van der Waals surface area contributed by atoms with E-state index in [9.17, 15) is 5.11 Å². The number of hydrogen-bond acceptors (Lipinski definition) is 3. The van der Waals surface area contributed by atoms with E-state index in [4.69, 9.17) is 11.6 Å². The number of aromatic nitrogens is 3. The number of hydrogen-bond donors (Lipinski definition) is 1. The first-order valence-electron chi connectivity index (χ1n) is 7.55. The smallest absolute Gasteiger partial charge is 0.137 e. The standard InChI is InChI=1S/C19H14ClN3O/c20-15-7-4-13(5-8-15)18-11-23-10-14(6-9-19(23)22-18)17-3-1-2-16(12-24)21-17/h1-11,24H,12H2. The van der Waals surface area contributed by atoms with Crippen molar-refractivity contribution in [2.75, 3.05) is 0 Å². The van der Waals surface area contributed by atoms with Crippen molar-refractivity contribution < 1.29 is 5.11 Å². The summed E-state index contributed by atoms with van der Waals surface area (Å²) < 4.78 is 1.98. The molecule has 4 nitrogen and oxygen atoms in total. The van der Waals surface area contributed by atoms with Crippen molar-refractivity contribution in [3.8, 4) is 22.5 Å². The Kier molecular flexibility index (Phi) is 3.76. The van der Waals surface area contributed by atoms with Gasteiger partial charge in [0.1, 0.15) is 5.65 Å². The zero-order valence-corrected chi connectivity index (χ0v) is 13.5. The van der Waals surface area contributed by atoms with Crippen molar-refractivity contribution in [2.45, 2.75) is 6.61 Å². The lowest BCUT2D eigenvalue weighted by atomic mass is 10.2. The van der Waals surface area contributed by atoms with E-state index < -0.39 is 0 Å². The zero-order valence-electron chi connectivity index (χ0n) is 12.7. The molecule has 0 aliphatic heterocycles. The van der Waals surface area contributed by atoms with Gasteiger partial charge in [-0.05, 0) is 36.4 Å². The van der Waals surface area contributed by atoms with Gasteiger partial charge in [-0.15, -0.1) is 0 Å². The van der Waals surface area contributed by atoms with Crippen molar-refractivity contribution in [1.82, 2.24) is 14.4 Å². The van der Waals surface area contributed by atoms with E-state index in [1.165, 1.54) is 0 Å². The summed E-state index contributed by atoms with van der Waals surface area (Å²) in [5.41, 5.74) is 5.22. The van der Waals surface area contributed by atoms with Gasteiger partial charge in [-0.25, -0.2) is 4.98 Å². The summed E-state index contributed by atoms with van der Waals surface area (Å²) in [6.45, 7) is -0.0676. The summed E-state index contributed by atoms with van der Waals surface area (Å²) in [6.07, 6.45) is 3.98. The molecule has 5 heteroatoms. The van der Waals surface area contributed by atoms with Crippen LogP contribution in [0.25, 0.3) is 28.2 Å². The number of benzene rings is 1. The van der Waals surface area contributed by atoms with Crippen LogP contribution in [0.15, 0.2) is 67.0 Å². The SMILES string of the molecule is OCc1cccc(-c2ccc3nc(-c4ccc(Cl)cc4)cn3c2)n1. The Morgan fingerprint density at radius 2 is 1.62 bits per heavy atom. The quantitative estimate of drug-likeness (QED) is 0.610. The fraction of sp³-hybridized carbons (Fsp3) is 0.0526. The van der Waals surface area contributed by atoms with E-state index in [-0.39, 0.29) is 6.61 Å². The van der Waals surface area contributed by atoms with Gasteiger partial charge in [0.15, 0.2) is 0 Å². The van der Waals surface area contributed by atoms with E-state index in [1.807, 2.05) is 65.3 Å². The molecule has 0 fully saturated rings. The van der Waals surface area contributed by atoms with Gasteiger partial charge >= 0.3 is 0 Å². The predicted molar refractivity (Wildman–Crippen MR) is 94.8 cm³/mol. The summed E-state index contributed by atoms with van der Waals surface area (Å²) in [5.74, 6) is 0. The summed E-state index contributed by atoms with van der Waals surface area (Å²) in [5, 5.41) is 9.95. The molecule has 0 unspecified atom stereocenters. The number of rotatable bonds is 3. The molecular formula is C19H14ClN3O. The van der Waals surface area contributed by atoms with E-state index >= 15 is 0 Å². The molecule has 0 saturated carbocycles. The third-order valence-corrected chi connectivity index (χ3v) is 4.11. The third kappa shape index (κ3) is 2.77. The molecule has 0 saturated heterocycles. The molecule has 1 aromatic carbocycles. The summed E-state index contributed by atoms with van der Waals surface area (Å²) in [6, 6.07) is 17.2. The summed E-state index contributed by atoms with van der Waals surface area (Å²) >= 11 is 5.94. The molecule has 3 heterocycles. The summed E-state index contributed by atoms with van der Waals surface area (Å²) in [4.78, 5) is 9.09. The van der Waals surface area contributed by atoms with Gasteiger partial charge in [-0.3, -0.25) is 4.98 Å². The number of halogens is 1. The van der Waals surface area contributed by atoms with E-state index in [2.05, 4.69) is 9.97 Å². The monoisotopic (exact) mass is 335 g/mol. The van der Waals surface area contributed by atoms with Crippen molar-refractivity contribution >= 4 is 17.2 Å². The normalized spacial score (nSPS) is 11.1. The minimum Gasteiger partial charge on any atom is -0.390 e. The van der Waals surface area contributed by atoms with Crippen molar-refractivity contribution in [2.24, 2.45) is 0 Å². The van der Waals surface area contributed by atoms with E-state index in [0.717, 1.165) is 28.2 Å². The molecule has 0 atom stereocenters. The van der Waals surface area contributed by atoms with Crippen LogP contribution >= 0.6 is 11.6 Å². The van der Waals surface area contributed by atoms with E-state index in [1.54, 1.807) is 6.07 Å². The molecule has 0 radical (unpaired) electrons. The van der Waals surface area contributed by atoms with Gasteiger partial charge in [0, 0.05) is 28.5 Å². The average molecular weight is 336 g/mol. The fourth-order valence-electron chi connectivity index (χ4n) is 2.63. The van der Waals surface area contributed by atoms with Gasteiger partial charge < -0.3 is 9.51 Å². The maximum Gasteiger partial charge on any atom is 0.137 e. The number of fused-ring (bicyclic) bond motifs is 1. The molecule has 24 heavy (non-hydrogen) atoms. The molecule has 0 aliphatic carbocycles. The van der Waals surface area contributed by atoms with E-state index in [0.29, 0.717) is 10.7 Å². The van der Waals surface area contributed by atoms with Crippen LogP contribution in [-0.4, -0.2) is 19.5 Å². The molecule has 0 aliphatic rings. The number of pyridine rings is 2. The maximum atomic E-state index is 9.24. The van der Waals surface area contributed by atoms with Crippen LogP contribution in [0.4, 0.5) is 0 Å². The van der Waals surface area contributed by atoms with Crippen LogP contribution in [0.2, 0.25) is 5.02 Å². The van der Waals surface area contributed by atoms with Crippen molar-refractivity contribution in [3.63, 3.8) is 0 Å². The molecular weight excluding hydrogens is 322 g/mol. The largest absolute Gasteiger partial charge is 0.390 e. The van der Waals surface area contributed by atoms with Gasteiger partial charge in [0.25, 0.3) is 0 Å². The fourth-order valence-corrected chi connectivity index (χ4v) is 2.76. The Balaban J connectivity index is 1.76. The van der Waals surface area contributed by atoms with Gasteiger partial charge in [0.2, 0.25) is 0 Å². The van der Waals surface area contributed by atoms with Gasteiger partial charge in [0.05, 0.1) is 23.7 Å². The van der Waals surface area contributed by atoms with Gasteiger partial charge in [-0.1, -0.05) is 29.8 Å². The van der Waals surface area contributed by atoms with Gasteiger partial charge in [-0.2, -0.15) is 0 Å². The summed E-state index contributed by atoms with van der Waals surface area (Å²) in [7, 11) is 0. The third-order valence-electron chi connectivity index (χ3n) is 3.86. The minimum atomic E-state index is -0.0676.